The van der Waals surface area contributed by atoms with Gasteiger partial charge in [0.2, 0.25) is 0 Å². The smallest absolute Gasteiger partial charge is 0.0739 e. The Balaban J connectivity index is 1.72. The summed E-state index contributed by atoms with van der Waals surface area (Å²) in [6.07, 6.45) is 4.60. The number of rotatable bonds is 6. The summed E-state index contributed by atoms with van der Waals surface area (Å²) in [6, 6.07) is 0. The maximum Gasteiger partial charge on any atom is 0.0739 e. The summed E-state index contributed by atoms with van der Waals surface area (Å²) in [5.41, 5.74) is 2.20. The van der Waals surface area contributed by atoms with E-state index >= 15 is 0 Å². The van der Waals surface area contributed by atoms with E-state index in [1.807, 2.05) is 29.5 Å². The van der Waals surface area contributed by atoms with Gasteiger partial charge >= 0.3 is 0 Å². The van der Waals surface area contributed by atoms with E-state index in [0.29, 0.717) is 0 Å². The fourth-order valence-corrected chi connectivity index (χ4v) is 2.27. The van der Waals surface area contributed by atoms with Gasteiger partial charge in [-0.1, -0.05) is 5.21 Å². The van der Waals surface area contributed by atoms with Crippen LogP contribution >= 0.6 is 15.9 Å². The molecule has 0 aromatic carbocycles. The predicted molar refractivity (Wildman–Crippen MR) is 72.0 cm³/mol. The summed E-state index contributed by atoms with van der Waals surface area (Å²) >= 11 is 3.56. The first-order valence-corrected chi connectivity index (χ1v) is 6.70. The van der Waals surface area contributed by atoms with Crippen LogP contribution in [-0.2, 0) is 20.1 Å². The Bertz CT molecular complexity index is 490. The maximum atomic E-state index is 4.36. The first-order chi connectivity index (χ1) is 8.68. The van der Waals surface area contributed by atoms with Crippen LogP contribution in [0.4, 0.5) is 0 Å². The van der Waals surface area contributed by atoms with E-state index in [1.165, 1.54) is 5.69 Å². The summed E-state index contributed by atoms with van der Waals surface area (Å²) in [7, 11) is 1.96. The van der Waals surface area contributed by atoms with Gasteiger partial charge in [0.05, 0.1) is 22.1 Å². The Morgan fingerprint density at radius 1 is 1.44 bits per heavy atom. The molecule has 0 saturated heterocycles. The van der Waals surface area contributed by atoms with Crippen molar-refractivity contribution in [1.29, 1.82) is 0 Å². The average Bonchev–Trinajstić information content (AvgIpc) is 2.92. The van der Waals surface area contributed by atoms with E-state index in [1.54, 1.807) is 6.20 Å². The molecule has 7 heteroatoms. The number of hydrogen-bond acceptors (Lipinski definition) is 4. The molecule has 0 atom stereocenters. The van der Waals surface area contributed by atoms with Gasteiger partial charge in [0, 0.05) is 26.3 Å². The summed E-state index contributed by atoms with van der Waals surface area (Å²) < 4.78 is 4.84. The van der Waals surface area contributed by atoms with Crippen LogP contribution in [0, 0.1) is 6.92 Å². The summed E-state index contributed by atoms with van der Waals surface area (Å²) in [4.78, 5) is 0. The van der Waals surface area contributed by atoms with Gasteiger partial charge in [0.1, 0.15) is 0 Å². The number of halogens is 1. The van der Waals surface area contributed by atoms with Crippen molar-refractivity contribution in [1.82, 2.24) is 30.1 Å². The topological polar surface area (TPSA) is 60.6 Å². The van der Waals surface area contributed by atoms with Crippen LogP contribution in [0.3, 0.4) is 0 Å². The average molecular weight is 313 g/mol. The van der Waals surface area contributed by atoms with Crippen molar-refractivity contribution in [3.05, 3.63) is 28.3 Å². The Hall–Kier alpha value is -1.21. The van der Waals surface area contributed by atoms with Crippen LogP contribution in [-0.4, -0.2) is 31.3 Å². The third-order valence-electron chi connectivity index (χ3n) is 2.77. The van der Waals surface area contributed by atoms with E-state index in [2.05, 4.69) is 36.7 Å². The number of hydrogen-bond donors (Lipinski definition) is 1. The van der Waals surface area contributed by atoms with Crippen LogP contribution in [0.15, 0.2) is 16.9 Å². The molecule has 0 unspecified atom stereocenters. The molecular formula is C11H17BrN6. The van der Waals surface area contributed by atoms with E-state index in [-0.39, 0.29) is 0 Å². The maximum absolute atomic E-state index is 4.36. The molecule has 2 rings (SSSR count). The zero-order valence-electron chi connectivity index (χ0n) is 10.6. The van der Waals surface area contributed by atoms with E-state index in [0.717, 1.165) is 36.2 Å². The molecule has 2 heterocycles. The minimum atomic E-state index is 0.815. The normalized spacial score (nSPS) is 11.1. The van der Waals surface area contributed by atoms with Crippen molar-refractivity contribution in [3.8, 4) is 0 Å². The molecule has 2 aromatic rings. The van der Waals surface area contributed by atoms with Gasteiger partial charge in [0.15, 0.2) is 0 Å². The third kappa shape index (κ3) is 3.17. The lowest BCUT2D eigenvalue weighted by molar-refractivity contribution is 0.523. The van der Waals surface area contributed by atoms with Gasteiger partial charge < -0.3 is 5.32 Å². The van der Waals surface area contributed by atoms with Gasteiger partial charge in [0.25, 0.3) is 0 Å². The Morgan fingerprint density at radius 3 is 2.89 bits per heavy atom. The molecule has 0 aliphatic carbocycles. The predicted octanol–water partition coefficient (Wildman–Crippen LogP) is 1.26. The van der Waals surface area contributed by atoms with Gasteiger partial charge in [-0.2, -0.15) is 5.10 Å². The van der Waals surface area contributed by atoms with Crippen LogP contribution < -0.4 is 5.32 Å². The highest BCUT2D eigenvalue weighted by Crippen LogP contribution is 2.19. The second kappa shape index (κ2) is 6.10. The SMILES string of the molecule is Cc1nn(C)c(CNCCCn2ccnn2)c1Br. The van der Waals surface area contributed by atoms with Crippen LogP contribution in [0.1, 0.15) is 17.8 Å². The standard InChI is InChI=1S/C11H17BrN6/c1-9-11(12)10(17(2)15-9)8-13-4-3-6-18-7-5-14-16-18/h5,7,13H,3-4,6,8H2,1-2H3. The molecular weight excluding hydrogens is 296 g/mol. The van der Waals surface area contributed by atoms with Crippen LogP contribution in [0.2, 0.25) is 0 Å². The van der Waals surface area contributed by atoms with Crippen molar-refractivity contribution in [2.75, 3.05) is 6.54 Å². The Labute approximate surface area is 114 Å². The molecule has 0 saturated carbocycles. The molecule has 0 radical (unpaired) electrons. The fraction of sp³-hybridized carbons (Fsp3) is 0.545. The molecule has 0 fully saturated rings. The lowest BCUT2D eigenvalue weighted by Crippen LogP contribution is -2.18. The highest BCUT2D eigenvalue weighted by atomic mass is 79.9. The molecule has 0 spiro atoms. The summed E-state index contributed by atoms with van der Waals surface area (Å²) in [6.45, 7) is 4.64. The fourth-order valence-electron chi connectivity index (χ4n) is 1.80. The molecule has 6 nitrogen and oxygen atoms in total. The van der Waals surface area contributed by atoms with E-state index in [9.17, 15) is 0 Å². The van der Waals surface area contributed by atoms with Gasteiger partial charge in [-0.05, 0) is 35.8 Å². The molecule has 0 aliphatic rings. The highest BCUT2D eigenvalue weighted by molar-refractivity contribution is 9.10. The minimum absolute atomic E-state index is 0.815. The molecule has 0 bridgehead atoms. The lowest BCUT2D eigenvalue weighted by Gasteiger charge is -2.06. The Kier molecular flexibility index (Phi) is 4.48. The van der Waals surface area contributed by atoms with Gasteiger partial charge in [-0.25, -0.2) is 0 Å². The third-order valence-corrected chi connectivity index (χ3v) is 3.80. The van der Waals surface area contributed by atoms with Gasteiger partial charge in [-0.3, -0.25) is 9.36 Å². The molecule has 0 amide bonds. The van der Waals surface area contributed by atoms with Crippen molar-refractivity contribution in [2.24, 2.45) is 7.05 Å². The molecule has 18 heavy (non-hydrogen) atoms. The quantitative estimate of drug-likeness (QED) is 0.816. The molecule has 1 N–H and O–H groups in total. The van der Waals surface area contributed by atoms with E-state index in [4.69, 9.17) is 0 Å². The Morgan fingerprint density at radius 2 is 2.28 bits per heavy atom. The number of aryl methyl sites for hydroxylation is 3. The molecule has 98 valence electrons. The monoisotopic (exact) mass is 312 g/mol. The summed E-state index contributed by atoms with van der Waals surface area (Å²) in [5.74, 6) is 0. The van der Waals surface area contributed by atoms with Crippen molar-refractivity contribution >= 4 is 15.9 Å². The van der Waals surface area contributed by atoms with Crippen molar-refractivity contribution in [2.45, 2.75) is 26.4 Å². The van der Waals surface area contributed by atoms with Crippen LogP contribution in [0.25, 0.3) is 0 Å². The van der Waals surface area contributed by atoms with Crippen molar-refractivity contribution < 1.29 is 0 Å². The van der Waals surface area contributed by atoms with E-state index < -0.39 is 0 Å². The largest absolute Gasteiger partial charge is 0.311 e. The molecule has 0 aliphatic heterocycles. The number of nitrogens with one attached hydrogen (secondary N) is 1. The number of aromatic nitrogens is 5. The highest BCUT2D eigenvalue weighted by Gasteiger charge is 2.09. The van der Waals surface area contributed by atoms with Gasteiger partial charge in [-0.15, -0.1) is 5.10 Å². The zero-order chi connectivity index (χ0) is 13.0. The first kappa shape index (κ1) is 13.2. The molecule has 2 aromatic heterocycles. The first-order valence-electron chi connectivity index (χ1n) is 5.91. The number of nitrogens with zero attached hydrogens (tertiary/aromatic N) is 5. The zero-order valence-corrected chi connectivity index (χ0v) is 12.2. The lowest BCUT2D eigenvalue weighted by atomic mass is 10.3. The second-order valence-electron chi connectivity index (χ2n) is 4.17. The van der Waals surface area contributed by atoms with Crippen LogP contribution in [0.5, 0.6) is 0 Å². The summed E-state index contributed by atoms with van der Waals surface area (Å²) in [5, 5.41) is 15.5. The second-order valence-corrected chi connectivity index (χ2v) is 4.96. The minimum Gasteiger partial charge on any atom is -0.311 e. The van der Waals surface area contributed by atoms with Crippen molar-refractivity contribution in [3.63, 3.8) is 0 Å².